The van der Waals surface area contributed by atoms with E-state index in [-0.39, 0.29) is 5.91 Å². The highest BCUT2D eigenvalue weighted by molar-refractivity contribution is 7.80. The summed E-state index contributed by atoms with van der Waals surface area (Å²) in [7, 11) is 1.77. The average Bonchev–Trinajstić information content (AvgIpc) is 2.83. The van der Waals surface area contributed by atoms with Gasteiger partial charge in [0, 0.05) is 25.4 Å². The Bertz CT molecular complexity index is 603. The van der Waals surface area contributed by atoms with E-state index in [1.54, 1.807) is 24.0 Å². The van der Waals surface area contributed by atoms with E-state index >= 15 is 0 Å². The number of thiocarbonyl (C=S) groups is 1. The van der Waals surface area contributed by atoms with E-state index in [1.165, 1.54) is 0 Å². The van der Waals surface area contributed by atoms with Gasteiger partial charge < -0.3 is 11.1 Å². The zero-order valence-corrected chi connectivity index (χ0v) is 11.3. The van der Waals surface area contributed by atoms with Gasteiger partial charge in [-0.25, -0.2) is 0 Å². The van der Waals surface area contributed by atoms with Gasteiger partial charge in [-0.2, -0.15) is 5.10 Å². The van der Waals surface area contributed by atoms with Crippen LogP contribution in [0.4, 0.5) is 0 Å². The molecule has 19 heavy (non-hydrogen) atoms. The highest BCUT2D eigenvalue weighted by atomic mass is 32.1. The van der Waals surface area contributed by atoms with E-state index in [2.05, 4.69) is 10.4 Å². The molecule has 0 spiro atoms. The summed E-state index contributed by atoms with van der Waals surface area (Å²) in [5, 5.41) is 6.83. The van der Waals surface area contributed by atoms with E-state index in [0.717, 1.165) is 11.1 Å². The van der Waals surface area contributed by atoms with Gasteiger partial charge in [0.25, 0.3) is 5.91 Å². The number of aryl methyl sites for hydroxylation is 1. The second-order valence-electron chi connectivity index (χ2n) is 4.12. The van der Waals surface area contributed by atoms with Crippen molar-refractivity contribution < 1.29 is 4.79 Å². The molecule has 1 aromatic heterocycles. The molecule has 98 valence electrons. The second kappa shape index (κ2) is 5.62. The molecule has 0 aliphatic heterocycles. The molecule has 1 aromatic carbocycles. The fourth-order valence-electron chi connectivity index (χ4n) is 1.60. The summed E-state index contributed by atoms with van der Waals surface area (Å²) in [6.07, 6.45) is 1.73. The highest BCUT2D eigenvalue weighted by Gasteiger charge is 2.07. The summed E-state index contributed by atoms with van der Waals surface area (Å²) in [5.41, 5.74) is 7.71. The standard InChI is InChI=1S/C13H14N4OS/c1-17-7-6-11(16-17)13(18)15-8-9-2-4-10(5-3-9)12(14)19/h2-7H,8H2,1H3,(H2,14,19)(H,15,18). The number of nitrogens with one attached hydrogen (secondary N) is 1. The first-order valence-corrected chi connectivity index (χ1v) is 6.13. The van der Waals surface area contributed by atoms with E-state index in [9.17, 15) is 4.79 Å². The first-order chi connectivity index (χ1) is 9.06. The number of hydrogen-bond acceptors (Lipinski definition) is 3. The number of nitrogens with zero attached hydrogens (tertiary/aromatic N) is 2. The lowest BCUT2D eigenvalue weighted by molar-refractivity contribution is 0.0945. The van der Waals surface area contributed by atoms with Crippen LogP contribution in [0.25, 0.3) is 0 Å². The largest absolute Gasteiger partial charge is 0.389 e. The van der Waals surface area contributed by atoms with Gasteiger partial charge >= 0.3 is 0 Å². The Labute approximate surface area is 116 Å². The van der Waals surface area contributed by atoms with Crippen LogP contribution in [-0.4, -0.2) is 20.7 Å². The Hall–Kier alpha value is -2.21. The molecule has 5 nitrogen and oxygen atoms in total. The van der Waals surface area contributed by atoms with E-state index in [0.29, 0.717) is 17.2 Å². The van der Waals surface area contributed by atoms with Crippen molar-refractivity contribution in [3.63, 3.8) is 0 Å². The number of hydrogen-bond donors (Lipinski definition) is 2. The molecule has 0 atom stereocenters. The van der Waals surface area contributed by atoms with E-state index < -0.39 is 0 Å². The molecule has 0 saturated heterocycles. The molecule has 0 bridgehead atoms. The maximum absolute atomic E-state index is 11.8. The molecular weight excluding hydrogens is 260 g/mol. The van der Waals surface area contributed by atoms with Crippen LogP contribution in [0, 0.1) is 0 Å². The van der Waals surface area contributed by atoms with Crippen LogP contribution in [-0.2, 0) is 13.6 Å². The van der Waals surface area contributed by atoms with E-state index in [1.807, 2.05) is 24.3 Å². The molecule has 3 N–H and O–H groups in total. The van der Waals surface area contributed by atoms with Gasteiger partial charge in [-0.3, -0.25) is 9.48 Å². The van der Waals surface area contributed by atoms with Crippen LogP contribution in [0.15, 0.2) is 36.5 Å². The maximum Gasteiger partial charge on any atom is 0.272 e. The first-order valence-electron chi connectivity index (χ1n) is 5.73. The maximum atomic E-state index is 11.8. The SMILES string of the molecule is Cn1ccc(C(=O)NCc2ccc(C(N)=S)cc2)n1. The Morgan fingerprint density at radius 2 is 2.05 bits per heavy atom. The Balaban J connectivity index is 1.95. The van der Waals surface area contributed by atoms with Crippen molar-refractivity contribution in [2.24, 2.45) is 12.8 Å². The van der Waals surface area contributed by atoms with Crippen molar-refractivity contribution in [3.8, 4) is 0 Å². The van der Waals surface area contributed by atoms with Gasteiger partial charge in [-0.15, -0.1) is 0 Å². The predicted octanol–water partition coefficient (Wildman–Crippen LogP) is 0.984. The zero-order chi connectivity index (χ0) is 13.8. The molecule has 2 aromatic rings. The fourth-order valence-corrected chi connectivity index (χ4v) is 1.73. The van der Waals surface area contributed by atoms with Crippen LogP contribution < -0.4 is 11.1 Å². The smallest absolute Gasteiger partial charge is 0.272 e. The summed E-state index contributed by atoms with van der Waals surface area (Å²) in [5.74, 6) is -0.195. The molecule has 1 amide bonds. The normalized spacial score (nSPS) is 10.2. The Morgan fingerprint density at radius 3 is 2.58 bits per heavy atom. The van der Waals surface area contributed by atoms with Crippen molar-refractivity contribution in [3.05, 3.63) is 53.3 Å². The van der Waals surface area contributed by atoms with Crippen molar-refractivity contribution in [1.82, 2.24) is 15.1 Å². The summed E-state index contributed by atoms with van der Waals surface area (Å²) in [6, 6.07) is 9.11. The number of benzene rings is 1. The molecule has 6 heteroatoms. The molecule has 0 aliphatic carbocycles. The molecular formula is C13H14N4OS. The molecule has 1 heterocycles. The van der Waals surface area contributed by atoms with Gasteiger partial charge in [0.2, 0.25) is 0 Å². The van der Waals surface area contributed by atoms with E-state index in [4.69, 9.17) is 18.0 Å². The zero-order valence-electron chi connectivity index (χ0n) is 10.5. The summed E-state index contributed by atoms with van der Waals surface area (Å²) >= 11 is 4.88. The number of carbonyl (C=O) groups is 1. The van der Waals surface area contributed by atoms with Gasteiger partial charge in [-0.1, -0.05) is 36.5 Å². The quantitative estimate of drug-likeness (QED) is 0.815. The van der Waals surface area contributed by atoms with Crippen molar-refractivity contribution in [2.45, 2.75) is 6.54 Å². The number of amides is 1. The average molecular weight is 274 g/mol. The lowest BCUT2D eigenvalue weighted by atomic mass is 10.1. The van der Waals surface area contributed by atoms with Crippen molar-refractivity contribution in [1.29, 1.82) is 0 Å². The van der Waals surface area contributed by atoms with Crippen LogP contribution in [0.3, 0.4) is 0 Å². The number of carbonyl (C=O) groups excluding carboxylic acids is 1. The Kier molecular flexibility index (Phi) is 3.91. The third-order valence-electron chi connectivity index (χ3n) is 2.64. The van der Waals surface area contributed by atoms with Crippen molar-refractivity contribution >= 4 is 23.1 Å². The molecule has 0 unspecified atom stereocenters. The number of nitrogens with two attached hydrogens (primary N) is 1. The first kappa shape index (κ1) is 13.2. The lowest BCUT2D eigenvalue weighted by Gasteiger charge is -2.04. The van der Waals surface area contributed by atoms with Crippen LogP contribution >= 0.6 is 12.2 Å². The van der Waals surface area contributed by atoms with Crippen LogP contribution in [0.2, 0.25) is 0 Å². The summed E-state index contributed by atoms with van der Waals surface area (Å²) in [6.45, 7) is 0.438. The van der Waals surface area contributed by atoms with Gasteiger partial charge in [-0.05, 0) is 11.6 Å². The minimum atomic E-state index is -0.195. The molecule has 2 rings (SSSR count). The van der Waals surface area contributed by atoms with Gasteiger partial charge in [0.1, 0.15) is 10.7 Å². The molecule has 0 radical (unpaired) electrons. The number of rotatable bonds is 4. The molecule has 0 fully saturated rings. The molecule has 0 aliphatic rings. The third kappa shape index (κ3) is 3.38. The van der Waals surface area contributed by atoms with Crippen LogP contribution in [0.5, 0.6) is 0 Å². The summed E-state index contributed by atoms with van der Waals surface area (Å²) in [4.78, 5) is 12.1. The van der Waals surface area contributed by atoms with Crippen LogP contribution in [0.1, 0.15) is 21.6 Å². The minimum Gasteiger partial charge on any atom is -0.389 e. The second-order valence-corrected chi connectivity index (χ2v) is 4.56. The predicted molar refractivity (Wildman–Crippen MR) is 76.7 cm³/mol. The topological polar surface area (TPSA) is 72.9 Å². The lowest BCUT2D eigenvalue weighted by Crippen LogP contribution is -2.23. The van der Waals surface area contributed by atoms with Crippen molar-refractivity contribution in [2.75, 3.05) is 0 Å². The highest BCUT2D eigenvalue weighted by Crippen LogP contribution is 2.04. The number of aromatic nitrogens is 2. The molecule has 0 saturated carbocycles. The fraction of sp³-hybridized carbons (Fsp3) is 0.154. The van der Waals surface area contributed by atoms with Gasteiger partial charge in [0.15, 0.2) is 0 Å². The third-order valence-corrected chi connectivity index (χ3v) is 2.87. The van der Waals surface area contributed by atoms with Gasteiger partial charge in [0.05, 0.1) is 0 Å². The monoisotopic (exact) mass is 274 g/mol. The summed E-state index contributed by atoms with van der Waals surface area (Å²) < 4.78 is 1.59. The minimum absolute atomic E-state index is 0.195. The Morgan fingerprint density at radius 1 is 1.37 bits per heavy atom.